The number of hydrogen-bond donors (Lipinski definition) is 1. The van der Waals surface area contributed by atoms with Gasteiger partial charge in [0.2, 0.25) is 5.91 Å². The number of rotatable bonds is 7. The summed E-state index contributed by atoms with van der Waals surface area (Å²) >= 11 is 0. The first-order valence-electron chi connectivity index (χ1n) is 11.5. The van der Waals surface area contributed by atoms with Gasteiger partial charge in [-0.2, -0.15) is 9.50 Å². The molecule has 0 radical (unpaired) electrons. The summed E-state index contributed by atoms with van der Waals surface area (Å²) in [6, 6.07) is 28.1. The third-order valence-corrected chi connectivity index (χ3v) is 5.97. The molecule has 0 aliphatic carbocycles. The average Bonchev–Trinajstić information content (AvgIpc) is 3.31. The van der Waals surface area contributed by atoms with E-state index >= 15 is 0 Å². The van der Waals surface area contributed by atoms with E-state index in [1.807, 2.05) is 84.9 Å². The Balaban J connectivity index is 1.64. The van der Waals surface area contributed by atoms with Crippen molar-refractivity contribution in [2.45, 2.75) is 19.4 Å². The number of aromatic nitrogens is 4. The molecule has 0 aliphatic heterocycles. The van der Waals surface area contributed by atoms with Gasteiger partial charge in [-0.3, -0.25) is 14.7 Å². The molecule has 0 saturated heterocycles. The minimum atomic E-state index is -0.565. The Morgan fingerprint density at radius 1 is 0.944 bits per heavy atom. The van der Waals surface area contributed by atoms with Crippen molar-refractivity contribution in [1.82, 2.24) is 19.6 Å². The van der Waals surface area contributed by atoms with E-state index in [9.17, 15) is 9.59 Å². The van der Waals surface area contributed by atoms with E-state index in [0.717, 1.165) is 11.1 Å². The van der Waals surface area contributed by atoms with Crippen LogP contribution in [0.15, 0.2) is 95.8 Å². The summed E-state index contributed by atoms with van der Waals surface area (Å²) in [6.07, 6.45) is 0. The van der Waals surface area contributed by atoms with Crippen LogP contribution in [-0.4, -0.2) is 32.6 Å². The predicted octanol–water partition coefficient (Wildman–Crippen LogP) is 4.10. The maximum absolute atomic E-state index is 14.4. The highest BCUT2D eigenvalue weighted by atomic mass is 16.5. The number of H-pyrrole nitrogens is 1. The maximum atomic E-state index is 14.4. The average molecular weight is 480 g/mol. The van der Waals surface area contributed by atoms with Crippen LogP contribution in [0.2, 0.25) is 0 Å². The minimum absolute atomic E-state index is 0.0806. The Morgan fingerprint density at radius 2 is 1.56 bits per heavy atom. The SMILES string of the molecule is COc1ccccc1N(Cc1nc2nc(C)cc(=O)n2[nH]1)C(=O)C(c1ccccc1)c1ccccc1. The molecule has 36 heavy (non-hydrogen) atoms. The monoisotopic (exact) mass is 479 g/mol. The molecule has 0 aliphatic rings. The number of amides is 1. The van der Waals surface area contributed by atoms with Crippen molar-refractivity contribution in [2.75, 3.05) is 12.0 Å². The zero-order valence-electron chi connectivity index (χ0n) is 20.0. The van der Waals surface area contributed by atoms with E-state index < -0.39 is 5.92 Å². The quantitative estimate of drug-likeness (QED) is 0.379. The van der Waals surface area contributed by atoms with E-state index in [4.69, 9.17) is 4.74 Å². The first kappa shape index (κ1) is 23.0. The molecule has 5 aromatic rings. The second-order valence-electron chi connectivity index (χ2n) is 8.39. The standard InChI is InChI=1S/C28H25N5O3/c1-19-17-25(34)33-28(29-19)30-24(31-33)18-32(22-15-9-10-16-23(22)36-2)27(35)26(20-11-5-3-6-12-20)21-13-7-4-8-14-21/h3-17,26H,18H2,1-2H3,(H,29,30,31). The van der Waals surface area contributed by atoms with Gasteiger partial charge in [0.05, 0.1) is 25.3 Å². The molecule has 2 aromatic heterocycles. The number of fused-ring (bicyclic) bond motifs is 1. The van der Waals surface area contributed by atoms with Crippen LogP contribution >= 0.6 is 0 Å². The fourth-order valence-corrected chi connectivity index (χ4v) is 4.32. The number of aryl methyl sites for hydroxylation is 1. The molecule has 1 amide bonds. The van der Waals surface area contributed by atoms with Gasteiger partial charge in [-0.1, -0.05) is 72.8 Å². The first-order valence-corrected chi connectivity index (χ1v) is 11.5. The van der Waals surface area contributed by atoms with Gasteiger partial charge in [0, 0.05) is 11.8 Å². The Hall–Kier alpha value is -4.72. The normalized spacial score (nSPS) is 11.1. The number of anilines is 1. The van der Waals surface area contributed by atoms with Crippen LogP contribution < -0.4 is 15.2 Å². The van der Waals surface area contributed by atoms with E-state index in [2.05, 4.69) is 15.1 Å². The highest BCUT2D eigenvalue weighted by Crippen LogP contribution is 2.34. The van der Waals surface area contributed by atoms with Crippen LogP contribution in [0.5, 0.6) is 5.75 Å². The number of carbonyl (C=O) groups is 1. The lowest BCUT2D eigenvalue weighted by Gasteiger charge is -2.28. The van der Waals surface area contributed by atoms with E-state index in [-0.39, 0.29) is 23.8 Å². The Morgan fingerprint density at radius 3 is 2.19 bits per heavy atom. The molecule has 0 fully saturated rings. The molecule has 5 rings (SSSR count). The number of para-hydroxylation sites is 2. The van der Waals surface area contributed by atoms with Crippen LogP contribution in [0.25, 0.3) is 5.78 Å². The topological polar surface area (TPSA) is 92.6 Å². The molecule has 180 valence electrons. The number of benzene rings is 3. The van der Waals surface area contributed by atoms with E-state index in [1.165, 1.54) is 10.6 Å². The van der Waals surface area contributed by atoms with Crippen LogP contribution in [0, 0.1) is 6.92 Å². The lowest BCUT2D eigenvalue weighted by molar-refractivity contribution is -0.119. The van der Waals surface area contributed by atoms with Gasteiger partial charge < -0.3 is 9.64 Å². The molecule has 0 bridgehead atoms. The number of hydrogen-bond acceptors (Lipinski definition) is 5. The Labute approximate surface area is 207 Å². The van der Waals surface area contributed by atoms with Crippen LogP contribution in [0.1, 0.15) is 28.6 Å². The molecular weight excluding hydrogens is 454 g/mol. The molecule has 0 saturated carbocycles. The van der Waals surface area contributed by atoms with Crippen molar-refractivity contribution < 1.29 is 9.53 Å². The van der Waals surface area contributed by atoms with Crippen molar-refractivity contribution in [3.05, 3.63) is 124 Å². The van der Waals surface area contributed by atoms with Gasteiger partial charge in [0.25, 0.3) is 11.3 Å². The molecule has 0 atom stereocenters. The van der Waals surface area contributed by atoms with Gasteiger partial charge >= 0.3 is 0 Å². The summed E-state index contributed by atoms with van der Waals surface area (Å²) < 4.78 is 6.88. The van der Waals surface area contributed by atoms with Crippen LogP contribution in [0.3, 0.4) is 0 Å². The van der Waals surface area contributed by atoms with Gasteiger partial charge in [-0.25, -0.2) is 4.98 Å². The summed E-state index contributed by atoms with van der Waals surface area (Å²) in [6.45, 7) is 1.82. The Kier molecular flexibility index (Phi) is 6.32. The molecule has 8 heteroatoms. The first-order chi connectivity index (χ1) is 17.5. The summed E-state index contributed by atoms with van der Waals surface area (Å²) in [4.78, 5) is 37.3. The zero-order chi connectivity index (χ0) is 25.1. The molecule has 1 N–H and O–H groups in total. The summed E-state index contributed by atoms with van der Waals surface area (Å²) in [7, 11) is 1.57. The van der Waals surface area contributed by atoms with Crippen molar-refractivity contribution >= 4 is 17.4 Å². The number of ether oxygens (including phenoxy) is 1. The van der Waals surface area contributed by atoms with Crippen molar-refractivity contribution in [1.29, 1.82) is 0 Å². The second kappa shape index (κ2) is 9.87. The number of carbonyl (C=O) groups excluding carboxylic acids is 1. The molecule has 2 heterocycles. The zero-order valence-corrected chi connectivity index (χ0v) is 20.0. The molecule has 8 nitrogen and oxygen atoms in total. The maximum Gasteiger partial charge on any atom is 0.274 e. The number of aromatic amines is 1. The molecular formula is C28H25N5O3. The largest absolute Gasteiger partial charge is 0.495 e. The second-order valence-corrected chi connectivity index (χ2v) is 8.39. The van der Waals surface area contributed by atoms with Crippen molar-refractivity contribution in [3.63, 3.8) is 0 Å². The summed E-state index contributed by atoms with van der Waals surface area (Å²) in [5.74, 6) is 0.501. The summed E-state index contributed by atoms with van der Waals surface area (Å²) in [5, 5.41) is 3.00. The van der Waals surface area contributed by atoms with Crippen molar-refractivity contribution in [3.8, 4) is 5.75 Å². The molecule has 0 spiro atoms. The van der Waals surface area contributed by atoms with Crippen molar-refractivity contribution in [2.24, 2.45) is 0 Å². The fraction of sp³-hybridized carbons (Fsp3) is 0.143. The minimum Gasteiger partial charge on any atom is -0.495 e. The molecule has 3 aromatic carbocycles. The van der Waals surface area contributed by atoms with E-state index in [0.29, 0.717) is 23.0 Å². The highest BCUT2D eigenvalue weighted by molar-refractivity contribution is 6.01. The summed E-state index contributed by atoms with van der Waals surface area (Å²) in [5.41, 5.74) is 2.64. The third-order valence-electron chi connectivity index (χ3n) is 5.97. The highest BCUT2D eigenvalue weighted by Gasteiger charge is 2.30. The fourth-order valence-electron chi connectivity index (χ4n) is 4.32. The predicted molar refractivity (Wildman–Crippen MR) is 137 cm³/mol. The Bertz CT molecular complexity index is 1520. The van der Waals surface area contributed by atoms with Gasteiger partial charge in [0.15, 0.2) is 0 Å². The van der Waals surface area contributed by atoms with Gasteiger partial charge in [-0.15, -0.1) is 0 Å². The van der Waals surface area contributed by atoms with Gasteiger partial charge in [-0.05, 0) is 30.2 Å². The van der Waals surface area contributed by atoms with E-state index in [1.54, 1.807) is 18.9 Å². The van der Waals surface area contributed by atoms with Gasteiger partial charge in [0.1, 0.15) is 11.6 Å². The molecule has 0 unspecified atom stereocenters. The third kappa shape index (κ3) is 4.48. The number of methoxy groups -OCH3 is 1. The van der Waals surface area contributed by atoms with Crippen LogP contribution in [-0.2, 0) is 11.3 Å². The number of nitrogens with zero attached hydrogens (tertiary/aromatic N) is 4. The smallest absolute Gasteiger partial charge is 0.274 e. The lowest BCUT2D eigenvalue weighted by atomic mass is 9.89. The van der Waals surface area contributed by atoms with Crippen LogP contribution in [0.4, 0.5) is 5.69 Å². The number of nitrogens with one attached hydrogen (secondary N) is 1. The lowest BCUT2D eigenvalue weighted by Crippen LogP contribution is -2.36.